The van der Waals surface area contributed by atoms with Gasteiger partial charge in [-0.15, -0.1) is 0 Å². The van der Waals surface area contributed by atoms with E-state index in [4.69, 9.17) is 27.9 Å². The third-order valence-corrected chi connectivity index (χ3v) is 5.86. The van der Waals surface area contributed by atoms with Crippen molar-refractivity contribution in [3.05, 3.63) is 64.1 Å². The standard InChI is InChI=1S/C18H17Cl2NO5S/c19-13-7-8-15(16(20)11-13)18(23)21-12-17(22)26-9-4-10-27(24,25)14-5-2-1-3-6-14/h1-3,5-8,11H,4,9-10,12H2,(H,21,23). The molecule has 0 atom stereocenters. The lowest BCUT2D eigenvalue weighted by atomic mass is 10.2. The summed E-state index contributed by atoms with van der Waals surface area (Å²) >= 11 is 11.7. The highest BCUT2D eigenvalue weighted by Crippen LogP contribution is 2.20. The summed E-state index contributed by atoms with van der Waals surface area (Å²) in [5, 5.41) is 2.94. The summed E-state index contributed by atoms with van der Waals surface area (Å²) in [4.78, 5) is 23.9. The molecule has 9 heteroatoms. The Morgan fingerprint density at radius 1 is 1.04 bits per heavy atom. The number of hydrogen-bond acceptors (Lipinski definition) is 5. The number of carbonyl (C=O) groups excluding carboxylic acids is 2. The van der Waals surface area contributed by atoms with Crippen molar-refractivity contribution in [2.45, 2.75) is 11.3 Å². The zero-order valence-corrected chi connectivity index (χ0v) is 16.5. The van der Waals surface area contributed by atoms with Crippen molar-refractivity contribution >= 4 is 44.9 Å². The van der Waals surface area contributed by atoms with Gasteiger partial charge in [0.25, 0.3) is 5.91 Å². The van der Waals surface area contributed by atoms with E-state index in [1.54, 1.807) is 18.2 Å². The summed E-state index contributed by atoms with van der Waals surface area (Å²) < 4.78 is 29.1. The minimum atomic E-state index is -3.41. The van der Waals surface area contributed by atoms with E-state index in [9.17, 15) is 18.0 Å². The first-order chi connectivity index (χ1) is 12.8. The molecule has 1 amide bonds. The summed E-state index contributed by atoms with van der Waals surface area (Å²) in [7, 11) is -3.41. The Morgan fingerprint density at radius 3 is 2.41 bits per heavy atom. The molecule has 0 saturated carbocycles. The van der Waals surface area contributed by atoms with Crippen LogP contribution in [-0.4, -0.2) is 39.2 Å². The van der Waals surface area contributed by atoms with Crippen LogP contribution < -0.4 is 5.32 Å². The molecule has 2 rings (SSSR count). The summed E-state index contributed by atoms with van der Waals surface area (Å²) in [5.41, 5.74) is 0.183. The molecular formula is C18H17Cl2NO5S. The van der Waals surface area contributed by atoms with Crippen LogP contribution in [-0.2, 0) is 19.4 Å². The molecule has 144 valence electrons. The second-order valence-corrected chi connectivity index (χ2v) is 8.47. The van der Waals surface area contributed by atoms with Crippen molar-refractivity contribution in [3.63, 3.8) is 0 Å². The van der Waals surface area contributed by atoms with Gasteiger partial charge in [0.2, 0.25) is 0 Å². The molecule has 0 spiro atoms. The second-order valence-electron chi connectivity index (χ2n) is 5.51. The van der Waals surface area contributed by atoms with E-state index in [0.29, 0.717) is 5.02 Å². The van der Waals surface area contributed by atoms with Gasteiger partial charge in [-0.05, 0) is 36.8 Å². The van der Waals surface area contributed by atoms with Gasteiger partial charge in [0.1, 0.15) is 6.54 Å². The number of rotatable bonds is 8. The molecule has 1 N–H and O–H groups in total. The molecule has 0 aliphatic rings. The number of amides is 1. The van der Waals surface area contributed by atoms with Crippen molar-refractivity contribution in [3.8, 4) is 0 Å². The number of sulfone groups is 1. The van der Waals surface area contributed by atoms with E-state index >= 15 is 0 Å². The van der Waals surface area contributed by atoms with Crippen LogP contribution in [0.3, 0.4) is 0 Å². The van der Waals surface area contributed by atoms with Gasteiger partial charge in [-0.3, -0.25) is 9.59 Å². The summed E-state index contributed by atoms with van der Waals surface area (Å²) in [6.07, 6.45) is 0.153. The number of benzene rings is 2. The predicted octanol–water partition coefficient (Wildman–Crippen LogP) is 3.13. The maximum atomic E-state index is 12.1. The van der Waals surface area contributed by atoms with Gasteiger partial charge >= 0.3 is 5.97 Å². The van der Waals surface area contributed by atoms with Gasteiger partial charge < -0.3 is 10.1 Å². The minimum Gasteiger partial charge on any atom is -0.464 e. The molecule has 0 aliphatic carbocycles. The number of halogens is 2. The number of nitrogens with one attached hydrogen (secondary N) is 1. The van der Waals surface area contributed by atoms with Gasteiger partial charge in [-0.25, -0.2) is 8.42 Å². The first-order valence-electron chi connectivity index (χ1n) is 7.96. The molecule has 2 aromatic rings. The third-order valence-electron chi connectivity index (χ3n) is 3.49. The largest absolute Gasteiger partial charge is 0.464 e. The van der Waals surface area contributed by atoms with E-state index in [1.165, 1.54) is 30.3 Å². The van der Waals surface area contributed by atoms with Crippen LogP contribution in [0.2, 0.25) is 10.0 Å². The Morgan fingerprint density at radius 2 is 1.74 bits per heavy atom. The lowest BCUT2D eigenvalue weighted by molar-refractivity contribution is -0.142. The van der Waals surface area contributed by atoms with Gasteiger partial charge in [-0.1, -0.05) is 41.4 Å². The molecule has 0 saturated heterocycles. The molecule has 6 nitrogen and oxygen atoms in total. The molecule has 0 aliphatic heterocycles. The van der Waals surface area contributed by atoms with Crippen LogP contribution >= 0.6 is 23.2 Å². The molecule has 27 heavy (non-hydrogen) atoms. The fourth-order valence-corrected chi connectivity index (χ4v) is 3.95. The Labute approximate surface area is 167 Å². The Bertz CT molecular complexity index is 917. The van der Waals surface area contributed by atoms with Crippen LogP contribution in [0.15, 0.2) is 53.4 Å². The van der Waals surface area contributed by atoms with Crippen molar-refractivity contribution in [1.29, 1.82) is 0 Å². The van der Waals surface area contributed by atoms with Gasteiger partial charge in [0.05, 0.1) is 27.8 Å². The Kier molecular flexibility index (Phi) is 7.65. The Balaban J connectivity index is 1.73. The summed E-state index contributed by atoms with van der Waals surface area (Å²) in [6.45, 7) is -0.425. The van der Waals surface area contributed by atoms with Crippen LogP contribution in [0.1, 0.15) is 16.8 Å². The van der Waals surface area contributed by atoms with Crippen molar-refractivity contribution in [1.82, 2.24) is 5.32 Å². The van der Waals surface area contributed by atoms with Crippen molar-refractivity contribution < 1.29 is 22.7 Å². The molecule has 0 unspecified atom stereocenters. The van der Waals surface area contributed by atoms with Crippen molar-refractivity contribution in [2.75, 3.05) is 18.9 Å². The predicted molar refractivity (Wildman–Crippen MR) is 103 cm³/mol. The zero-order valence-electron chi connectivity index (χ0n) is 14.2. The molecule has 0 heterocycles. The number of ether oxygens (including phenoxy) is 1. The van der Waals surface area contributed by atoms with E-state index in [0.717, 1.165) is 0 Å². The van der Waals surface area contributed by atoms with Crippen LogP contribution in [0.4, 0.5) is 0 Å². The van der Waals surface area contributed by atoms with Crippen molar-refractivity contribution in [2.24, 2.45) is 0 Å². The fourth-order valence-electron chi connectivity index (χ4n) is 2.15. The molecular weight excluding hydrogens is 413 g/mol. The maximum Gasteiger partial charge on any atom is 0.325 e. The number of hydrogen-bond donors (Lipinski definition) is 1. The number of carbonyl (C=O) groups is 2. The highest BCUT2D eigenvalue weighted by Gasteiger charge is 2.15. The second kappa shape index (κ2) is 9.73. The third kappa shape index (κ3) is 6.53. The average molecular weight is 430 g/mol. The lowest BCUT2D eigenvalue weighted by Gasteiger charge is -2.08. The average Bonchev–Trinajstić information content (AvgIpc) is 2.64. The first-order valence-corrected chi connectivity index (χ1v) is 10.4. The van der Waals surface area contributed by atoms with Crippen LogP contribution in [0, 0.1) is 0 Å². The fraction of sp³-hybridized carbons (Fsp3) is 0.222. The van der Waals surface area contributed by atoms with Gasteiger partial charge in [0.15, 0.2) is 9.84 Å². The SMILES string of the molecule is O=C(CNC(=O)c1ccc(Cl)cc1Cl)OCCCS(=O)(=O)c1ccccc1. The lowest BCUT2D eigenvalue weighted by Crippen LogP contribution is -2.31. The Hall–Kier alpha value is -2.09. The zero-order chi connectivity index (χ0) is 19.9. The smallest absolute Gasteiger partial charge is 0.325 e. The summed E-state index contributed by atoms with van der Waals surface area (Å²) in [5.74, 6) is -1.36. The van der Waals surface area contributed by atoms with Gasteiger partial charge in [-0.2, -0.15) is 0 Å². The van der Waals surface area contributed by atoms with Crippen LogP contribution in [0.25, 0.3) is 0 Å². The van der Waals surface area contributed by atoms with Gasteiger partial charge in [0, 0.05) is 5.02 Å². The molecule has 0 fully saturated rings. The molecule has 0 aromatic heterocycles. The first kappa shape index (κ1) is 21.2. The number of esters is 1. The molecule has 2 aromatic carbocycles. The van der Waals surface area contributed by atoms with E-state index < -0.39 is 21.7 Å². The maximum absolute atomic E-state index is 12.1. The molecule has 0 radical (unpaired) electrons. The van der Waals surface area contributed by atoms with E-state index in [1.807, 2.05) is 0 Å². The highest BCUT2D eigenvalue weighted by molar-refractivity contribution is 7.91. The quantitative estimate of drug-likeness (QED) is 0.514. The summed E-state index contributed by atoms with van der Waals surface area (Å²) in [6, 6.07) is 12.4. The normalized spacial score (nSPS) is 11.0. The van der Waals surface area contributed by atoms with Crippen LogP contribution in [0.5, 0.6) is 0 Å². The van der Waals surface area contributed by atoms with E-state index in [2.05, 4.69) is 5.32 Å². The minimum absolute atomic E-state index is 0.0670. The topological polar surface area (TPSA) is 89.5 Å². The van der Waals surface area contributed by atoms with E-state index in [-0.39, 0.29) is 40.8 Å². The monoisotopic (exact) mass is 429 g/mol. The highest BCUT2D eigenvalue weighted by atomic mass is 35.5. The molecule has 0 bridgehead atoms.